The standard InChI is InChI=1S/C17H27N3O3/c1-5-13(3)18-17(22)19-16(21)12-20(4)11-14-7-9-15(10-8-14)23-6-2/h7-10,13H,5-6,11-12H2,1-4H3,(H2,18,19,21,22)/t13-/m0/s1. The number of benzene rings is 1. The van der Waals surface area contributed by atoms with Gasteiger partial charge in [0.05, 0.1) is 13.2 Å². The molecule has 0 bridgehead atoms. The fourth-order valence-corrected chi connectivity index (χ4v) is 2.00. The molecule has 0 saturated carbocycles. The number of hydrogen-bond donors (Lipinski definition) is 2. The van der Waals surface area contributed by atoms with Crippen molar-refractivity contribution >= 4 is 11.9 Å². The first-order chi connectivity index (χ1) is 10.9. The first-order valence-electron chi connectivity index (χ1n) is 7.95. The topological polar surface area (TPSA) is 70.7 Å². The molecule has 0 fully saturated rings. The third-order valence-corrected chi connectivity index (χ3v) is 3.34. The lowest BCUT2D eigenvalue weighted by atomic mass is 10.2. The Hall–Kier alpha value is -2.08. The Morgan fingerprint density at radius 1 is 1.22 bits per heavy atom. The third-order valence-electron chi connectivity index (χ3n) is 3.34. The van der Waals surface area contributed by atoms with Crippen molar-refractivity contribution in [2.45, 2.75) is 39.8 Å². The minimum atomic E-state index is -0.446. The molecule has 0 aliphatic heterocycles. The summed E-state index contributed by atoms with van der Waals surface area (Å²) in [5, 5.41) is 5.04. The lowest BCUT2D eigenvalue weighted by Gasteiger charge is -2.17. The van der Waals surface area contributed by atoms with Crippen molar-refractivity contribution < 1.29 is 14.3 Å². The highest BCUT2D eigenvalue weighted by Crippen LogP contribution is 2.13. The number of rotatable bonds is 8. The van der Waals surface area contributed by atoms with Gasteiger partial charge in [-0.15, -0.1) is 0 Å². The van der Waals surface area contributed by atoms with Crippen LogP contribution in [0.3, 0.4) is 0 Å². The van der Waals surface area contributed by atoms with Crippen molar-refractivity contribution in [3.8, 4) is 5.75 Å². The number of imide groups is 1. The molecule has 2 N–H and O–H groups in total. The smallest absolute Gasteiger partial charge is 0.321 e. The number of carbonyl (C=O) groups excluding carboxylic acids is 2. The molecule has 0 radical (unpaired) electrons. The van der Waals surface area contributed by atoms with Crippen LogP contribution < -0.4 is 15.4 Å². The molecule has 6 heteroatoms. The molecule has 128 valence electrons. The van der Waals surface area contributed by atoms with Gasteiger partial charge in [0, 0.05) is 12.6 Å². The van der Waals surface area contributed by atoms with E-state index in [0.717, 1.165) is 17.7 Å². The lowest BCUT2D eigenvalue weighted by molar-refractivity contribution is -0.121. The van der Waals surface area contributed by atoms with Gasteiger partial charge in [0.1, 0.15) is 5.75 Å². The zero-order chi connectivity index (χ0) is 17.2. The van der Waals surface area contributed by atoms with Crippen LogP contribution in [0.15, 0.2) is 24.3 Å². The molecule has 3 amide bonds. The molecule has 0 aliphatic rings. The molecule has 0 spiro atoms. The van der Waals surface area contributed by atoms with Crippen LogP contribution >= 0.6 is 0 Å². The van der Waals surface area contributed by atoms with Crippen LogP contribution in [0.1, 0.15) is 32.8 Å². The average molecular weight is 321 g/mol. The van der Waals surface area contributed by atoms with E-state index >= 15 is 0 Å². The predicted molar refractivity (Wildman–Crippen MR) is 90.4 cm³/mol. The van der Waals surface area contributed by atoms with Gasteiger partial charge in [-0.25, -0.2) is 4.79 Å². The zero-order valence-corrected chi connectivity index (χ0v) is 14.4. The maximum Gasteiger partial charge on any atom is 0.321 e. The number of ether oxygens (including phenoxy) is 1. The van der Waals surface area contributed by atoms with Crippen molar-refractivity contribution in [3.05, 3.63) is 29.8 Å². The highest BCUT2D eigenvalue weighted by atomic mass is 16.5. The van der Waals surface area contributed by atoms with Crippen LogP contribution in [0.2, 0.25) is 0 Å². The molecular formula is C17H27N3O3. The molecule has 0 aliphatic carbocycles. The quantitative estimate of drug-likeness (QED) is 0.769. The third kappa shape index (κ3) is 7.65. The fourth-order valence-electron chi connectivity index (χ4n) is 2.00. The van der Waals surface area contributed by atoms with Crippen molar-refractivity contribution in [3.63, 3.8) is 0 Å². The van der Waals surface area contributed by atoms with Crippen molar-refractivity contribution in [1.82, 2.24) is 15.5 Å². The van der Waals surface area contributed by atoms with Gasteiger partial charge in [0.25, 0.3) is 0 Å². The Kier molecular flexibility index (Phi) is 8.11. The largest absolute Gasteiger partial charge is 0.494 e. The van der Waals surface area contributed by atoms with Gasteiger partial charge in [-0.2, -0.15) is 0 Å². The van der Waals surface area contributed by atoms with Crippen LogP contribution in [-0.2, 0) is 11.3 Å². The van der Waals surface area contributed by atoms with Gasteiger partial charge in [0.15, 0.2) is 0 Å². The molecule has 1 atom stereocenters. The van der Waals surface area contributed by atoms with E-state index in [1.165, 1.54) is 0 Å². The molecule has 0 saturated heterocycles. The molecule has 1 rings (SSSR count). The van der Waals surface area contributed by atoms with Gasteiger partial charge in [-0.05, 0) is 45.0 Å². The van der Waals surface area contributed by atoms with Crippen LogP contribution in [-0.4, -0.2) is 43.1 Å². The number of nitrogens with one attached hydrogen (secondary N) is 2. The van der Waals surface area contributed by atoms with E-state index in [9.17, 15) is 9.59 Å². The molecular weight excluding hydrogens is 294 g/mol. The second kappa shape index (κ2) is 9.84. The van der Waals surface area contributed by atoms with E-state index in [-0.39, 0.29) is 18.5 Å². The summed E-state index contributed by atoms with van der Waals surface area (Å²) in [4.78, 5) is 25.3. The fraction of sp³-hybridized carbons (Fsp3) is 0.529. The van der Waals surface area contributed by atoms with E-state index < -0.39 is 6.03 Å². The minimum Gasteiger partial charge on any atom is -0.494 e. The summed E-state index contributed by atoms with van der Waals surface area (Å²) in [6.07, 6.45) is 0.819. The Morgan fingerprint density at radius 2 is 1.87 bits per heavy atom. The summed E-state index contributed by atoms with van der Waals surface area (Å²) in [6.45, 7) is 7.21. The molecule has 0 unspecified atom stereocenters. The van der Waals surface area contributed by atoms with E-state index in [1.54, 1.807) is 0 Å². The van der Waals surface area contributed by atoms with Crippen LogP contribution in [0.4, 0.5) is 4.79 Å². The van der Waals surface area contributed by atoms with Crippen LogP contribution in [0.25, 0.3) is 0 Å². The lowest BCUT2D eigenvalue weighted by Crippen LogP contribution is -2.46. The van der Waals surface area contributed by atoms with Crippen molar-refractivity contribution in [2.24, 2.45) is 0 Å². The zero-order valence-electron chi connectivity index (χ0n) is 14.4. The van der Waals surface area contributed by atoms with Gasteiger partial charge in [0.2, 0.25) is 5.91 Å². The van der Waals surface area contributed by atoms with E-state index in [4.69, 9.17) is 4.74 Å². The number of urea groups is 1. The highest BCUT2D eigenvalue weighted by Gasteiger charge is 2.12. The van der Waals surface area contributed by atoms with Gasteiger partial charge >= 0.3 is 6.03 Å². The van der Waals surface area contributed by atoms with E-state index in [2.05, 4.69) is 10.6 Å². The van der Waals surface area contributed by atoms with Crippen molar-refractivity contribution in [2.75, 3.05) is 20.2 Å². The molecule has 23 heavy (non-hydrogen) atoms. The highest BCUT2D eigenvalue weighted by molar-refractivity contribution is 5.95. The minimum absolute atomic E-state index is 0.0457. The summed E-state index contributed by atoms with van der Waals surface area (Å²) in [5.74, 6) is 0.512. The van der Waals surface area contributed by atoms with Crippen LogP contribution in [0.5, 0.6) is 5.75 Å². The van der Waals surface area contributed by atoms with Crippen LogP contribution in [0, 0.1) is 0 Å². The Balaban J connectivity index is 2.38. The van der Waals surface area contributed by atoms with Gasteiger partial charge in [-0.1, -0.05) is 19.1 Å². The number of hydrogen-bond acceptors (Lipinski definition) is 4. The summed E-state index contributed by atoms with van der Waals surface area (Å²) in [5.41, 5.74) is 1.08. The van der Waals surface area contributed by atoms with Gasteiger partial charge in [-0.3, -0.25) is 15.0 Å². The number of carbonyl (C=O) groups is 2. The predicted octanol–water partition coefficient (Wildman–Crippen LogP) is 2.14. The monoisotopic (exact) mass is 321 g/mol. The van der Waals surface area contributed by atoms with Gasteiger partial charge < -0.3 is 10.1 Å². The maximum atomic E-state index is 11.8. The Morgan fingerprint density at radius 3 is 2.43 bits per heavy atom. The summed E-state index contributed by atoms with van der Waals surface area (Å²) >= 11 is 0. The number of likely N-dealkylation sites (N-methyl/N-ethyl adjacent to an activating group) is 1. The Labute approximate surface area is 138 Å². The molecule has 6 nitrogen and oxygen atoms in total. The summed E-state index contributed by atoms with van der Waals surface area (Å²) in [6, 6.07) is 7.35. The molecule has 1 aromatic carbocycles. The first-order valence-corrected chi connectivity index (χ1v) is 7.95. The molecule has 0 aromatic heterocycles. The number of amides is 3. The summed E-state index contributed by atoms with van der Waals surface area (Å²) in [7, 11) is 1.84. The first kappa shape index (κ1) is 19.0. The van der Waals surface area contributed by atoms with E-state index in [1.807, 2.05) is 57.0 Å². The second-order valence-corrected chi connectivity index (χ2v) is 5.58. The normalized spacial score (nSPS) is 11.9. The SMILES string of the molecule is CCOc1ccc(CN(C)CC(=O)NC(=O)N[C@@H](C)CC)cc1. The average Bonchev–Trinajstić information content (AvgIpc) is 2.48. The summed E-state index contributed by atoms with van der Waals surface area (Å²) < 4.78 is 5.39. The van der Waals surface area contributed by atoms with Crippen molar-refractivity contribution in [1.29, 1.82) is 0 Å². The van der Waals surface area contributed by atoms with E-state index in [0.29, 0.717) is 13.2 Å². The maximum absolute atomic E-state index is 11.8. The Bertz CT molecular complexity index is 502. The number of nitrogens with zero attached hydrogens (tertiary/aromatic N) is 1. The molecule has 1 aromatic rings. The molecule has 0 heterocycles. The second-order valence-electron chi connectivity index (χ2n) is 5.58.